The van der Waals surface area contributed by atoms with Crippen molar-refractivity contribution in [1.82, 2.24) is 24.4 Å². The van der Waals surface area contributed by atoms with E-state index in [1.165, 1.54) is 6.07 Å². The Morgan fingerprint density at radius 2 is 1.80 bits per heavy atom. The second-order valence-corrected chi connectivity index (χ2v) is 8.77. The molecule has 1 saturated heterocycles. The zero-order chi connectivity index (χ0) is 24.7. The van der Waals surface area contributed by atoms with Crippen molar-refractivity contribution in [2.24, 2.45) is 0 Å². The van der Waals surface area contributed by atoms with Gasteiger partial charge in [-0.3, -0.25) is 9.69 Å². The maximum atomic E-state index is 13.9. The van der Waals surface area contributed by atoms with E-state index in [-0.39, 0.29) is 17.0 Å². The summed E-state index contributed by atoms with van der Waals surface area (Å²) in [7, 11) is 0. The van der Waals surface area contributed by atoms with E-state index >= 15 is 0 Å². The zero-order valence-electron chi connectivity index (χ0n) is 19.3. The Labute approximate surface area is 199 Å². The Morgan fingerprint density at radius 1 is 1.03 bits per heavy atom. The Bertz CT molecular complexity index is 1370. The Morgan fingerprint density at radius 3 is 2.46 bits per heavy atom. The van der Waals surface area contributed by atoms with E-state index in [2.05, 4.69) is 15.0 Å². The van der Waals surface area contributed by atoms with Gasteiger partial charge < -0.3 is 9.32 Å². The predicted molar refractivity (Wildman–Crippen MR) is 123 cm³/mol. The molecule has 35 heavy (non-hydrogen) atoms. The number of piperazine rings is 1. The minimum absolute atomic E-state index is 0.0205. The van der Waals surface area contributed by atoms with Gasteiger partial charge in [-0.15, -0.1) is 0 Å². The smallest absolute Gasteiger partial charge is 0.433 e. The lowest BCUT2D eigenvalue weighted by Crippen LogP contribution is -2.48. The summed E-state index contributed by atoms with van der Waals surface area (Å²) in [4.78, 5) is 21.3. The van der Waals surface area contributed by atoms with Crippen LogP contribution in [-0.4, -0.2) is 56.5 Å². The molecular formula is C25H24F3N5O2. The van der Waals surface area contributed by atoms with E-state index in [0.29, 0.717) is 42.8 Å². The summed E-state index contributed by atoms with van der Waals surface area (Å²) in [6.45, 7) is 6.62. The maximum absolute atomic E-state index is 13.9. The summed E-state index contributed by atoms with van der Waals surface area (Å²) in [5, 5.41) is 4.01. The number of halogens is 3. The second kappa shape index (κ2) is 8.84. The van der Waals surface area contributed by atoms with Gasteiger partial charge in [0.2, 0.25) is 0 Å². The van der Waals surface area contributed by atoms with Crippen LogP contribution in [0.2, 0.25) is 0 Å². The Balaban J connectivity index is 1.42. The lowest BCUT2D eigenvalue weighted by atomic mass is 10.0. The molecule has 1 fully saturated rings. The van der Waals surface area contributed by atoms with Crippen LogP contribution in [0.5, 0.6) is 0 Å². The van der Waals surface area contributed by atoms with Crippen LogP contribution in [0, 0.1) is 13.8 Å². The van der Waals surface area contributed by atoms with Crippen molar-refractivity contribution in [2.45, 2.75) is 26.6 Å². The first-order valence-corrected chi connectivity index (χ1v) is 11.3. The molecule has 0 spiro atoms. The number of amides is 1. The monoisotopic (exact) mass is 483 g/mol. The molecular weight excluding hydrogens is 459 g/mol. The molecule has 0 N–H and O–H groups in total. The fourth-order valence-electron chi connectivity index (χ4n) is 4.22. The van der Waals surface area contributed by atoms with Gasteiger partial charge in [0, 0.05) is 37.8 Å². The standard InChI is InChI=1S/C25H24F3N5O2/c1-16-5-6-18(12-17(16)2)20-13-22(25(26,27)28)33-23(29-20)14-21(30-33)24(34)32-9-7-31(8-10-32)15-19-4-3-11-35-19/h3-6,11-14H,7-10,15H2,1-2H3. The summed E-state index contributed by atoms with van der Waals surface area (Å²) < 4.78 is 47.9. The average molecular weight is 483 g/mol. The number of fused-ring (bicyclic) bond motifs is 1. The van der Waals surface area contributed by atoms with E-state index in [1.807, 2.05) is 32.0 Å². The second-order valence-electron chi connectivity index (χ2n) is 8.77. The highest BCUT2D eigenvalue weighted by atomic mass is 19.4. The number of aromatic nitrogens is 3. The third kappa shape index (κ3) is 4.66. The van der Waals surface area contributed by atoms with Gasteiger partial charge in [-0.2, -0.15) is 18.3 Å². The third-order valence-corrected chi connectivity index (χ3v) is 6.36. The van der Waals surface area contributed by atoms with Crippen LogP contribution in [-0.2, 0) is 12.7 Å². The highest BCUT2D eigenvalue weighted by molar-refractivity contribution is 5.93. The van der Waals surface area contributed by atoms with Crippen LogP contribution in [0.15, 0.2) is 53.1 Å². The van der Waals surface area contributed by atoms with Crippen LogP contribution in [0.1, 0.15) is 33.1 Å². The third-order valence-electron chi connectivity index (χ3n) is 6.36. The highest BCUT2D eigenvalue weighted by Gasteiger charge is 2.36. The van der Waals surface area contributed by atoms with Crippen molar-refractivity contribution >= 4 is 11.6 Å². The quantitative estimate of drug-likeness (QED) is 0.425. The summed E-state index contributed by atoms with van der Waals surface area (Å²) in [6, 6.07) is 11.4. The van der Waals surface area contributed by atoms with Gasteiger partial charge in [0.15, 0.2) is 17.0 Å². The molecule has 7 nitrogen and oxygen atoms in total. The number of carbonyl (C=O) groups excluding carboxylic acids is 1. The number of aryl methyl sites for hydroxylation is 2. The minimum atomic E-state index is -4.67. The molecule has 5 rings (SSSR count). The average Bonchev–Trinajstić information content (AvgIpc) is 3.49. The van der Waals surface area contributed by atoms with Gasteiger partial charge in [-0.05, 0) is 49.2 Å². The van der Waals surface area contributed by atoms with Crippen molar-refractivity contribution in [2.75, 3.05) is 26.2 Å². The predicted octanol–water partition coefficient (Wildman–Crippen LogP) is 4.58. The molecule has 0 aliphatic carbocycles. The highest BCUT2D eigenvalue weighted by Crippen LogP contribution is 2.33. The molecule has 0 bridgehead atoms. The molecule has 4 aromatic rings. The molecule has 0 saturated carbocycles. The largest absolute Gasteiger partial charge is 0.468 e. The number of carbonyl (C=O) groups is 1. The number of hydrogen-bond donors (Lipinski definition) is 0. The number of hydrogen-bond acceptors (Lipinski definition) is 5. The fourth-order valence-corrected chi connectivity index (χ4v) is 4.22. The topological polar surface area (TPSA) is 66.9 Å². The first kappa shape index (κ1) is 23.1. The first-order valence-electron chi connectivity index (χ1n) is 11.3. The minimum Gasteiger partial charge on any atom is -0.468 e. The van der Waals surface area contributed by atoms with Crippen molar-refractivity contribution in [3.8, 4) is 11.3 Å². The lowest BCUT2D eigenvalue weighted by Gasteiger charge is -2.33. The van der Waals surface area contributed by atoms with Gasteiger partial charge >= 0.3 is 6.18 Å². The molecule has 1 amide bonds. The molecule has 4 heterocycles. The van der Waals surface area contributed by atoms with Crippen LogP contribution >= 0.6 is 0 Å². The summed E-state index contributed by atoms with van der Waals surface area (Å²) >= 11 is 0. The van der Waals surface area contributed by atoms with Crippen molar-refractivity contribution in [1.29, 1.82) is 0 Å². The molecule has 1 aromatic carbocycles. The number of benzene rings is 1. The van der Waals surface area contributed by atoms with Crippen LogP contribution in [0.4, 0.5) is 13.2 Å². The van der Waals surface area contributed by atoms with Crippen LogP contribution in [0.25, 0.3) is 16.9 Å². The van der Waals surface area contributed by atoms with E-state index in [9.17, 15) is 18.0 Å². The van der Waals surface area contributed by atoms with Crippen molar-refractivity contribution in [3.05, 3.63) is 77.0 Å². The number of alkyl halides is 3. The summed E-state index contributed by atoms with van der Waals surface area (Å²) in [5.41, 5.74) is 1.69. The number of rotatable bonds is 4. The van der Waals surface area contributed by atoms with Gasteiger partial charge in [-0.1, -0.05) is 12.1 Å². The first-order chi connectivity index (χ1) is 16.7. The van der Waals surface area contributed by atoms with Gasteiger partial charge in [0.1, 0.15) is 5.76 Å². The summed E-state index contributed by atoms with van der Waals surface area (Å²) in [5.74, 6) is 0.435. The molecule has 1 aliphatic rings. The lowest BCUT2D eigenvalue weighted by molar-refractivity contribution is -0.142. The van der Waals surface area contributed by atoms with Crippen molar-refractivity contribution < 1.29 is 22.4 Å². The van der Waals surface area contributed by atoms with E-state index in [1.54, 1.807) is 23.3 Å². The maximum Gasteiger partial charge on any atom is 0.433 e. The van der Waals surface area contributed by atoms with Gasteiger partial charge in [0.25, 0.3) is 5.91 Å². The number of nitrogens with zero attached hydrogens (tertiary/aromatic N) is 5. The van der Waals surface area contributed by atoms with Crippen LogP contribution in [0.3, 0.4) is 0 Å². The van der Waals surface area contributed by atoms with E-state index in [0.717, 1.165) is 23.0 Å². The SMILES string of the molecule is Cc1ccc(-c2cc(C(F)(F)F)n3nc(C(=O)N4CCN(Cc5ccco5)CC4)cc3n2)cc1C. The molecule has 0 atom stereocenters. The number of furan rings is 1. The molecule has 0 radical (unpaired) electrons. The van der Waals surface area contributed by atoms with E-state index < -0.39 is 17.8 Å². The molecule has 3 aromatic heterocycles. The molecule has 0 unspecified atom stereocenters. The molecule has 1 aliphatic heterocycles. The summed E-state index contributed by atoms with van der Waals surface area (Å²) in [6.07, 6.45) is -3.05. The van der Waals surface area contributed by atoms with E-state index in [4.69, 9.17) is 4.42 Å². The van der Waals surface area contributed by atoms with Gasteiger partial charge in [0.05, 0.1) is 18.5 Å². The zero-order valence-corrected chi connectivity index (χ0v) is 19.3. The molecule has 10 heteroatoms. The van der Waals surface area contributed by atoms with Gasteiger partial charge in [-0.25, -0.2) is 9.50 Å². The Kier molecular flexibility index (Phi) is 5.84. The van der Waals surface area contributed by atoms with Crippen molar-refractivity contribution in [3.63, 3.8) is 0 Å². The molecule has 182 valence electrons. The fraction of sp³-hybridized carbons (Fsp3) is 0.320. The van der Waals surface area contributed by atoms with Crippen LogP contribution < -0.4 is 0 Å². The normalized spacial score (nSPS) is 15.2. The Hall–Kier alpha value is -3.66.